The summed E-state index contributed by atoms with van der Waals surface area (Å²) in [7, 11) is 3.39. The van der Waals surface area contributed by atoms with Gasteiger partial charge in [0, 0.05) is 25.8 Å². The Morgan fingerprint density at radius 2 is 2.03 bits per heavy atom. The highest BCUT2D eigenvalue weighted by Crippen LogP contribution is 2.28. The van der Waals surface area contributed by atoms with E-state index in [-0.39, 0.29) is 12.0 Å². The van der Waals surface area contributed by atoms with Crippen molar-refractivity contribution in [3.05, 3.63) is 53.6 Å². The molecule has 1 aliphatic heterocycles. The van der Waals surface area contributed by atoms with E-state index in [1.807, 2.05) is 37.3 Å². The molecule has 0 spiro atoms. The monoisotopic (exact) mass is 399 g/mol. The van der Waals surface area contributed by atoms with Crippen molar-refractivity contribution in [3.63, 3.8) is 0 Å². The van der Waals surface area contributed by atoms with Gasteiger partial charge in [-0.05, 0) is 55.7 Å². The van der Waals surface area contributed by atoms with Gasteiger partial charge < -0.3 is 23.8 Å². The number of nitrogens with zero attached hydrogens (tertiary/aromatic N) is 1. The third kappa shape index (κ3) is 5.64. The second-order valence-corrected chi connectivity index (χ2v) is 7.05. The summed E-state index contributed by atoms with van der Waals surface area (Å²) in [6.45, 7) is 4.27. The molecule has 1 heterocycles. The van der Waals surface area contributed by atoms with Crippen molar-refractivity contribution in [2.75, 3.05) is 34.0 Å². The van der Waals surface area contributed by atoms with Gasteiger partial charge in [-0.1, -0.05) is 12.1 Å². The van der Waals surface area contributed by atoms with Gasteiger partial charge in [-0.15, -0.1) is 0 Å². The van der Waals surface area contributed by atoms with Crippen molar-refractivity contribution in [3.8, 4) is 17.2 Å². The van der Waals surface area contributed by atoms with Crippen molar-refractivity contribution in [2.24, 2.45) is 0 Å². The molecule has 2 aromatic carbocycles. The zero-order valence-corrected chi connectivity index (χ0v) is 17.3. The van der Waals surface area contributed by atoms with Gasteiger partial charge in [-0.3, -0.25) is 4.79 Å². The maximum absolute atomic E-state index is 12.9. The zero-order valence-electron chi connectivity index (χ0n) is 17.3. The number of methoxy groups -OCH3 is 1. The van der Waals surface area contributed by atoms with Crippen LogP contribution >= 0.6 is 0 Å². The highest BCUT2D eigenvalue weighted by Gasteiger charge is 2.17. The minimum Gasteiger partial charge on any atom is -0.493 e. The highest BCUT2D eigenvalue weighted by atomic mass is 16.5. The molecule has 1 atom stereocenters. The fraction of sp³-hybridized carbons (Fsp3) is 0.435. The first-order valence-electron chi connectivity index (χ1n) is 10.0. The van der Waals surface area contributed by atoms with Gasteiger partial charge in [0.1, 0.15) is 12.4 Å². The lowest BCUT2D eigenvalue weighted by atomic mass is 10.1. The molecular formula is C23H29NO5. The maximum Gasteiger partial charge on any atom is 0.254 e. The number of rotatable bonds is 9. The smallest absolute Gasteiger partial charge is 0.254 e. The van der Waals surface area contributed by atoms with Crippen LogP contribution in [0.5, 0.6) is 17.2 Å². The lowest BCUT2D eigenvalue weighted by Crippen LogP contribution is -2.26. The number of benzene rings is 2. The first-order valence-corrected chi connectivity index (χ1v) is 10.0. The highest BCUT2D eigenvalue weighted by molar-refractivity contribution is 5.94. The van der Waals surface area contributed by atoms with Crippen LogP contribution in [0.15, 0.2) is 42.5 Å². The van der Waals surface area contributed by atoms with Crippen LogP contribution < -0.4 is 14.2 Å². The summed E-state index contributed by atoms with van der Waals surface area (Å²) in [4.78, 5) is 14.6. The predicted octanol–water partition coefficient (Wildman–Crippen LogP) is 3.92. The summed E-state index contributed by atoms with van der Waals surface area (Å²) in [5.41, 5.74) is 1.56. The number of carbonyl (C=O) groups is 1. The normalized spacial score (nSPS) is 15.8. The largest absolute Gasteiger partial charge is 0.493 e. The average Bonchev–Trinajstić information content (AvgIpc) is 3.27. The zero-order chi connectivity index (χ0) is 20.6. The van der Waals surface area contributed by atoms with Gasteiger partial charge in [0.25, 0.3) is 5.91 Å². The SMILES string of the molecule is CCOc1ccc(CN(C)C(=O)c2cccc(OC[C@@H]3CCCO3)c2)cc1OC. The third-order valence-electron chi connectivity index (χ3n) is 4.84. The molecule has 1 amide bonds. The minimum absolute atomic E-state index is 0.0691. The fourth-order valence-electron chi connectivity index (χ4n) is 3.34. The summed E-state index contributed by atoms with van der Waals surface area (Å²) in [5.74, 6) is 1.97. The maximum atomic E-state index is 12.9. The van der Waals surface area contributed by atoms with E-state index in [0.29, 0.717) is 42.6 Å². The average molecular weight is 399 g/mol. The Labute approximate surface area is 172 Å². The fourth-order valence-corrected chi connectivity index (χ4v) is 3.34. The van der Waals surface area contributed by atoms with E-state index in [9.17, 15) is 4.79 Å². The lowest BCUT2D eigenvalue weighted by Gasteiger charge is -2.19. The quantitative estimate of drug-likeness (QED) is 0.640. The molecule has 0 bridgehead atoms. The number of carbonyl (C=O) groups excluding carboxylic acids is 1. The van der Waals surface area contributed by atoms with Crippen LogP contribution in [0.4, 0.5) is 0 Å². The van der Waals surface area contributed by atoms with Crippen molar-refractivity contribution in [2.45, 2.75) is 32.4 Å². The van der Waals surface area contributed by atoms with Crippen molar-refractivity contribution < 1.29 is 23.7 Å². The van der Waals surface area contributed by atoms with E-state index in [2.05, 4.69) is 0 Å². The summed E-state index contributed by atoms with van der Waals surface area (Å²) in [5, 5.41) is 0. The Hall–Kier alpha value is -2.73. The van der Waals surface area contributed by atoms with Gasteiger partial charge in [-0.2, -0.15) is 0 Å². The standard InChI is InChI=1S/C23H29NO5/c1-4-27-21-11-10-17(13-22(21)26-3)15-24(2)23(25)18-7-5-8-19(14-18)29-16-20-9-6-12-28-20/h5,7-8,10-11,13-14,20H,4,6,9,12,15-16H2,1-3H3/t20-/m0/s1. The minimum atomic E-state index is -0.0691. The molecule has 0 aliphatic carbocycles. The Kier molecular flexibility index (Phi) is 7.36. The van der Waals surface area contributed by atoms with Crippen molar-refractivity contribution >= 4 is 5.91 Å². The van der Waals surface area contributed by atoms with Crippen molar-refractivity contribution in [1.29, 1.82) is 0 Å². The van der Waals surface area contributed by atoms with E-state index in [1.165, 1.54) is 0 Å². The Balaban J connectivity index is 1.63. The predicted molar refractivity (Wildman–Crippen MR) is 111 cm³/mol. The molecule has 3 rings (SSSR count). The molecule has 0 unspecified atom stereocenters. The second kappa shape index (κ2) is 10.2. The van der Waals surface area contributed by atoms with Crippen LogP contribution in [0.1, 0.15) is 35.7 Å². The van der Waals surface area contributed by atoms with Gasteiger partial charge in [0.05, 0.1) is 19.8 Å². The summed E-state index contributed by atoms with van der Waals surface area (Å²) in [6.07, 6.45) is 2.24. The van der Waals surface area contributed by atoms with E-state index in [4.69, 9.17) is 18.9 Å². The molecule has 2 aromatic rings. The molecule has 1 aliphatic rings. The first-order chi connectivity index (χ1) is 14.1. The Morgan fingerprint density at radius 1 is 1.17 bits per heavy atom. The number of hydrogen-bond acceptors (Lipinski definition) is 5. The van der Waals surface area contributed by atoms with Crippen LogP contribution in [0.3, 0.4) is 0 Å². The summed E-state index contributed by atoms with van der Waals surface area (Å²) >= 11 is 0. The van der Waals surface area contributed by atoms with E-state index < -0.39 is 0 Å². The molecule has 6 heteroatoms. The number of ether oxygens (including phenoxy) is 4. The summed E-state index contributed by atoms with van der Waals surface area (Å²) < 4.78 is 22.3. The molecular weight excluding hydrogens is 370 g/mol. The molecule has 1 saturated heterocycles. The molecule has 156 valence electrons. The van der Waals surface area contributed by atoms with Gasteiger partial charge in [-0.25, -0.2) is 0 Å². The third-order valence-corrected chi connectivity index (χ3v) is 4.84. The van der Waals surface area contributed by atoms with Crippen LogP contribution in [0, 0.1) is 0 Å². The van der Waals surface area contributed by atoms with Crippen LogP contribution in [0.2, 0.25) is 0 Å². The van der Waals surface area contributed by atoms with Gasteiger partial charge in [0.2, 0.25) is 0 Å². The molecule has 0 aromatic heterocycles. The van der Waals surface area contributed by atoms with E-state index >= 15 is 0 Å². The number of hydrogen-bond donors (Lipinski definition) is 0. The van der Waals surface area contributed by atoms with E-state index in [1.54, 1.807) is 31.2 Å². The molecule has 0 saturated carbocycles. The lowest BCUT2D eigenvalue weighted by molar-refractivity contribution is 0.0678. The van der Waals surface area contributed by atoms with Gasteiger partial charge in [0.15, 0.2) is 11.5 Å². The van der Waals surface area contributed by atoms with Crippen LogP contribution in [-0.2, 0) is 11.3 Å². The molecule has 0 N–H and O–H groups in total. The van der Waals surface area contributed by atoms with E-state index in [0.717, 1.165) is 25.0 Å². The van der Waals surface area contributed by atoms with Gasteiger partial charge >= 0.3 is 0 Å². The second-order valence-electron chi connectivity index (χ2n) is 7.05. The molecule has 29 heavy (non-hydrogen) atoms. The molecule has 1 fully saturated rings. The Morgan fingerprint density at radius 3 is 2.76 bits per heavy atom. The van der Waals surface area contributed by atoms with Crippen molar-refractivity contribution in [1.82, 2.24) is 4.90 Å². The molecule has 0 radical (unpaired) electrons. The number of amides is 1. The van der Waals surface area contributed by atoms with Crippen LogP contribution in [-0.4, -0.2) is 50.9 Å². The first kappa shape index (κ1) is 21.0. The molecule has 6 nitrogen and oxygen atoms in total. The Bertz CT molecular complexity index is 817. The van der Waals surface area contributed by atoms with Crippen LogP contribution in [0.25, 0.3) is 0 Å². The summed E-state index contributed by atoms with van der Waals surface area (Å²) in [6, 6.07) is 13.0. The topological polar surface area (TPSA) is 57.2 Å².